The molecule has 23 heavy (non-hydrogen) atoms. The van der Waals surface area contributed by atoms with Gasteiger partial charge in [-0.15, -0.1) is 4.99 Å². The first kappa shape index (κ1) is 17.8. The fourth-order valence-corrected chi connectivity index (χ4v) is 3.11. The summed E-state index contributed by atoms with van der Waals surface area (Å²) in [4.78, 5) is 5.43. The number of piperidine rings is 1. The molecular formula is C19H31N2O2+. The van der Waals surface area contributed by atoms with Crippen LogP contribution < -0.4 is 4.99 Å². The Morgan fingerprint density at radius 1 is 1.26 bits per heavy atom. The Balaban J connectivity index is 1.91. The number of aliphatic hydroxyl groups excluding tert-OH is 1. The van der Waals surface area contributed by atoms with Gasteiger partial charge in [-0.05, 0) is 45.7 Å². The molecule has 1 saturated heterocycles. The molecule has 4 nitrogen and oxygen atoms in total. The minimum atomic E-state index is -0.0987. The Hall–Kier alpha value is -1.55. The average molecular weight is 319 g/mol. The van der Waals surface area contributed by atoms with Gasteiger partial charge in [0.15, 0.2) is 0 Å². The molecule has 1 aliphatic heterocycles. The molecule has 2 N–H and O–H groups in total. The largest absolute Gasteiger partial charge is 0.551 e. The number of para-hydroxylation sites is 1. The molecule has 0 aliphatic carbocycles. The Morgan fingerprint density at radius 3 is 2.74 bits per heavy atom. The Morgan fingerprint density at radius 2 is 2.00 bits per heavy atom. The highest BCUT2D eigenvalue weighted by molar-refractivity contribution is 5.59. The third-order valence-corrected chi connectivity index (χ3v) is 4.34. The van der Waals surface area contributed by atoms with Crippen molar-refractivity contribution in [1.82, 2.24) is 4.90 Å². The number of likely N-dealkylation sites (tertiary alicyclic amines) is 1. The predicted octanol–water partition coefficient (Wildman–Crippen LogP) is 2.55. The number of rotatable bonds is 7. The topological polar surface area (TPSA) is 46.7 Å². The third kappa shape index (κ3) is 6.22. The number of nitrogens with zero attached hydrogens (tertiary/aromatic N) is 1. The van der Waals surface area contributed by atoms with Gasteiger partial charge in [0.2, 0.25) is 5.69 Å². The quantitative estimate of drug-likeness (QED) is 0.600. The van der Waals surface area contributed by atoms with E-state index in [9.17, 15) is 5.11 Å². The van der Waals surface area contributed by atoms with E-state index in [1.165, 1.54) is 24.8 Å². The fourth-order valence-electron chi connectivity index (χ4n) is 3.11. The first-order valence-corrected chi connectivity index (χ1v) is 8.99. The number of benzene rings is 1. The highest BCUT2D eigenvalue weighted by Crippen LogP contribution is 2.12. The van der Waals surface area contributed by atoms with Crippen LogP contribution in [0.4, 0.5) is 5.69 Å². The summed E-state index contributed by atoms with van der Waals surface area (Å²) in [6, 6.07) is 8.09. The standard InChI is InChI=1S/C19H30N2O2/c1-3-4-10-17-11-6-7-12-18(17)20-19(22)23-16(2)15-21-13-8-5-9-14-21/h6-7,11-12,16H,3-5,8-10,13-15H2,1-2H3,(H,20,22)/p+1/t16-/m0/s1. The first-order chi connectivity index (χ1) is 11.2. The normalized spacial score (nSPS) is 17.9. The molecule has 0 saturated carbocycles. The maximum Gasteiger partial charge on any atom is 0.551 e. The van der Waals surface area contributed by atoms with E-state index in [0.717, 1.165) is 44.6 Å². The number of nitrogens with one attached hydrogen (secondary N) is 1. The zero-order chi connectivity index (χ0) is 16.5. The van der Waals surface area contributed by atoms with Gasteiger partial charge in [0.1, 0.15) is 6.10 Å². The van der Waals surface area contributed by atoms with E-state index >= 15 is 0 Å². The summed E-state index contributed by atoms with van der Waals surface area (Å²) < 4.78 is 5.64. The van der Waals surface area contributed by atoms with Crippen molar-refractivity contribution in [3.63, 3.8) is 0 Å². The van der Waals surface area contributed by atoms with Gasteiger partial charge in [-0.1, -0.05) is 38.0 Å². The summed E-state index contributed by atoms with van der Waals surface area (Å²) in [6.07, 6.45) is 7.06. The van der Waals surface area contributed by atoms with Crippen molar-refractivity contribution in [1.29, 1.82) is 0 Å². The zero-order valence-corrected chi connectivity index (χ0v) is 14.6. The fraction of sp³-hybridized carbons (Fsp3) is 0.632. The number of aryl methyl sites for hydroxylation is 1. The van der Waals surface area contributed by atoms with E-state index in [2.05, 4.69) is 22.9 Å². The number of ether oxygens (including phenoxy) is 1. The van der Waals surface area contributed by atoms with Gasteiger partial charge in [0.05, 0.1) is 0 Å². The van der Waals surface area contributed by atoms with Gasteiger partial charge in [-0.25, -0.2) is 0 Å². The molecule has 4 heteroatoms. The number of hydrogen-bond donors (Lipinski definition) is 2. The molecule has 0 aromatic heterocycles. The van der Waals surface area contributed by atoms with Crippen LogP contribution in [0.15, 0.2) is 24.3 Å². The molecule has 0 radical (unpaired) electrons. The Kier molecular flexibility index (Phi) is 7.40. The van der Waals surface area contributed by atoms with Gasteiger partial charge in [-0.3, -0.25) is 4.90 Å². The van der Waals surface area contributed by atoms with Crippen molar-refractivity contribution in [3.8, 4) is 0 Å². The maximum atomic E-state index is 10.1. The van der Waals surface area contributed by atoms with E-state index in [0.29, 0.717) is 0 Å². The van der Waals surface area contributed by atoms with Crippen molar-refractivity contribution in [2.45, 2.75) is 58.5 Å². The van der Waals surface area contributed by atoms with Crippen LogP contribution in [0.25, 0.3) is 0 Å². The van der Waals surface area contributed by atoms with Crippen molar-refractivity contribution in [3.05, 3.63) is 29.8 Å². The molecule has 128 valence electrons. The van der Waals surface area contributed by atoms with Crippen LogP contribution in [0.2, 0.25) is 0 Å². The van der Waals surface area contributed by atoms with E-state index < -0.39 is 0 Å². The van der Waals surface area contributed by atoms with Crippen molar-refractivity contribution >= 4 is 11.8 Å². The molecule has 1 atom stereocenters. The summed E-state index contributed by atoms with van der Waals surface area (Å²) in [5.41, 5.74) is 2.15. The SMILES string of the molecule is CCCCc1ccccc1[NH+]=C(O)O[C@@H](C)CN1CCCCC1. The van der Waals surface area contributed by atoms with Crippen molar-refractivity contribution < 1.29 is 14.8 Å². The lowest BCUT2D eigenvalue weighted by Gasteiger charge is -2.28. The summed E-state index contributed by atoms with van der Waals surface area (Å²) in [5.74, 6) is 0. The monoisotopic (exact) mass is 319 g/mol. The minimum absolute atomic E-state index is 0.0246. The van der Waals surface area contributed by atoms with Gasteiger partial charge in [-0.2, -0.15) is 0 Å². The van der Waals surface area contributed by atoms with E-state index in [4.69, 9.17) is 4.74 Å². The molecule has 1 aromatic rings. The molecule has 0 spiro atoms. The van der Waals surface area contributed by atoms with Crippen LogP contribution in [0.5, 0.6) is 0 Å². The van der Waals surface area contributed by atoms with Gasteiger partial charge in [0, 0.05) is 18.2 Å². The number of aliphatic hydroxyl groups is 1. The lowest BCUT2D eigenvalue weighted by atomic mass is 10.1. The minimum Gasteiger partial charge on any atom is -0.430 e. The number of hydrogen-bond acceptors (Lipinski definition) is 2. The highest BCUT2D eigenvalue weighted by atomic mass is 16.6. The Labute approximate surface area is 140 Å². The second kappa shape index (κ2) is 9.56. The van der Waals surface area contributed by atoms with Crippen LogP contribution in [-0.4, -0.2) is 41.8 Å². The van der Waals surface area contributed by atoms with Gasteiger partial charge >= 0.3 is 6.08 Å². The molecule has 1 aliphatic rings. The van der Waals surface area contributed by atoms with Crippen LogP contribution in [0, 0.1) is 0 Å². The molecule has 0 bridgehead atoms. The molecular weight excluding hydrogens is 288 g/mol. The second-order valence-electron chi connectivity index (χ2n) is 6.48. The van der Waals surface area contributed by atoms with Crippen LogP contribution >= 0.6 is 0 Å². The number of unbranched alkanes of at least 4 members (excludes halogenated alkanes) is 1. The molecule has 0 amide bonds. The van der Waals surface area contributed by atoms with Crippen LogP contribution in [0.1, 0.15) is 51.5 Å². The molecule has 1 heterocycles. The summed E-state index contributed by atoms with van der Waals surface area (Å²) >= 11 is 0. The van der Waals surface area contributed by atoms with Crippen LogP contribution in [-0.2, 0) is 11.2 Å². The lowest BCUT2D eigenvalue weighted by molar-refractivity contribution is -0.384. The van der Waals surface area contributed by atoms with Gasteiger partial charge < -0.3 is 9.84 Å². The summed E-state index contributed by atoms with van der Waals surface area (Å²) in [7, 11) is 0. The predicted molar refractivity (Wildman–Crippen MR) is 94.2 cm³/mol. The van der Waals surface area contributed by atoms with E-state index in [1.807, 2.05) is 25.1 Å². The highest BCUT2D eigenvalue weighted by Gasteiger charge is 2.18. The smallest absolute Gasteiger partial charge is 0.430 e. The van der Waals surface area contributed by atoms with E-state index in [1.54, 1.807) is 0 Å². The molecule has 2 rings (SSSR count). The molecule has 1 aromatic carbocycles. The second-order valence-corrected chi connectivity index (χ2v) is 6.48. The van der Waals surface area contributed by atoms with Crippen molar-refractivity contribution in [2.75, 3.05) is 19.6 Å². The van der Waals surface area contributed by atoms with Crippen molar-refractivity contribution in [2.24, 2.45) is 0 Å². The van der Waals surface area contributed by atoms with Crippen LogP contribution in [0.3, 0.4) is 0 Å². The molecule has 1 fully saturated rings. The maximum absolute atomic E-state index is 10.1. The Bertz CT molecular complexity index is 496. The lowest BCUT2D eigenvalue weighted by Crippen LogP contribution is -2.68. The van der Waals surface area contributed by atoms with E-state index in [-0.39, 0.29) is 12.2 Å². The van der Waals surface area contributed by atoms with Gasteiger partial charge in [0.25, 0.3) is 0 Å². The third-order valence-electron chi connectivity index (χ3n) is 4.34. The summed E-state index contributed by atoms with van der Waals surface area (Å²) in [6.45, 7) is 7.34. The zero-order valence-electron chi connectivity index (χ0n) is 14.6. The first-order valence-electron chi connectivity index (χ1n) is 8.99. The molecule has 0 unspecified atom stereocenters. The average Bonchev–Trinajstić information content (AvgIpc) is 2.54. The summed E-state index contributed by atoms with van der Waals surface area (Å²) in [5, 5.41) is 10.1.